The highest BCUT2D eigenvalue weighted by Gasteiger charge is 2.04. The van der Waals surface area contributed by atoms with Gasteiger partial charge in [-0.2, -0.15) is 18.6 Å². The summed E-state index contributed by atoms with van der Waals surface area (Å²) in [5, 5.41) is 0. The van der Waals surface area contributed by atoms with Gasteiger partial charge in [-0.25, -0.2) is 0 Å². The standard InChI is InChI=1S/C2H5NO4S/c1-2-6-8(4,5)7-3/h2H,1,3H2. The predicted octanol–water partition coefficient (Wildman–Crippen LogP) is -0.718. The summed E-state index contributed by atoms with van der Waals surface area (Å²) >= 11 is 0. The van der Waals surface area contributed by atoms with Crippen molar-refractivity contribution in [1.29, 1.82) is 0 Å². The Balaban J connectivity index is 3.94. The number of rotatable bonds is 3. The molecule has 0 rings (SSSR count). The fraction of sp³-hybridized carbons (Fsp3) is 0. The van der Waals surface area contributed by atoms with Crippen molar-refractivity contribution in [3.63, 3.8) is 0 Å². The lowest BCUT2D eigenvalue weighted by Crippen LogP contribution is -2.11. The maximum absolute atomic E-state index is 9.96. The van der Waals surface area contributed by atoms with Crippen LogP contribution in [0.4, 0.5) is 0 Å². The highest BCUT2D eigenvalue weighted by atomic mass is 32.3. The second-order valence-electron chi connectivity index (χ2n) is 0.767. The first-order valence-electron chi connectivity index (χ1n) is 1.55. The van der Waals surface area contributed by atoms with Gasteiger partial charge < -0.3 is 4.18 Å². The van der Waals surface area contributed by atoms with Gasteiger partial charge in [-0.3, -0.25) is 0 Å². The molecule has 0 aromatic rings. The van der Waals surface area contributed by atoms with Crippen LogP contribution in [0, 0.1) is 0 Å². The predicted molar refractivity (Wildman–Crippen MR) is 25.5 cm³/mol. The van der Waals surface area contributed by atoms with Crippen LogP contribution < -0.4 is 5.90 Å². The molecule has 5 nitrogen and oxygen atoms in total. The quantitative estimate of drug-likeness (QED) is 0.412. The third kappa shape index (κ3) is 2.56. The lowest BCUT2D eigenvalue weighted by atomic mass is 11.2. The summed E-state index contributed by atoms with van der Waals surface area (Å²) in [6.45, 7) is 2.96. The van der Waals surface area contributed by atoms with Gasteiger partial charge in [-0.05, 0) is 0 Å². The van der Waals surface area contributed by atoms with Crippen LogP contribution in [-0.2, 0) is 18.9 Å². The molecule has 0 spiro atoms. The van der Waals surface area contributed by atoms with Gasteiger partial charge in [-0.15, -0.1) is 0 Å². The summed E-state index contributed by atoms with van der Waals surface area (Å²) in [5.41, 5.74) is 0. The van der Waals surface area contributed by atoms with Gasteiger partial charge in [0, 0.05) is 0 Å². The Morgan fingerprint density at radius 1 is 1.62 bits per heavy atom. The largest absolute Gasteiger partial charge is 0.464 e. The van der Waals surface area contributed by atoms with E-state index in [9.17, 15) is 8.42 Å². The van der Waals surface area contributed by atoms with Crippen LogP contribution in [0.5, 0.6) is 0 Å². The molecule has 0 radical (unpaired) electrons. The van der Waals surface area contributed by atoms with Crippen LogP contribution in [0.15, 0.2) is 12.8 Å². The minimum atomic E-state index is -4.01. The van der Waals surface area contributed by atoms with E-state index in [1.807, 2.05) is 0 Å². The highest BCUT2D eigenvalue weighted by molar-refractivity contribution is 7.81. The molecule has 0 saturated heterocycles. The van der Waals surface area contributed by atoms with E-state index in [2.05, 4.69) is 20.9 Å². The van der Waals surface area contributed by atoms with Crippen LogP contribution in [0.1, 0.15) is 0 Å². The summed E-state index contributed by atoms with van der Waals surface area (Å²) in [6, 6.07) is 0. The normalized spacial score (nSPS) is 10.6. The molecule has 0 bridgehead atoms. The average Bonchev–Trinajstić information content (AvgIpc) is 1.67. The average molecular weight is 139 g/mol. The zero-order chi connectivity index (χ0) is 6.62. The monoisotopic (exact) mass is 139 g/mol. The Labute approximate surface area is 47.0 Å². The molecule has 0 heterocycles. The van der Waals surface area contributed by atoms with Crippen molar-refractivity contribution in [2.24, 2.45) is 5.90 Å². The molecular weight excluding hydrogens is 134 g/mol. The maximum atomic E-state index is 9.96. The van der Waals surface area contributed by atoms with Gasteiger partial charge in [0.1, 0.15) is 6.26 Å². The molecule has 2 N–H and O–H groups in total. The molecule has 6 heteroatoms. The van der Waals surface area contributed by atoms with Crippen LogP contribution in [-0.4, -0.2) is 8.42 Å². The van der Waals surface area contributed by atoms with Gasteiger partial charge in [-0.1, -0.05) is 6.58 Å². The third-order valence-corrected chi connectivity index (χ3v) is 0.911. The van der Waals surface area contributed by atoms with Gasteiger partial charge in [0.25, 0.3) is 0 Å². The molecule has 0 fully saturated rings. The van der Waals surface area contributed by atoms with Crippen LogP contribution in [0.3, 0.4) is 0 Å². The first kappa shape index (κ1) is 7.41. The van der Waals surface area contributed by atoms with Crippen molar-refractivity contribution < 1.29 is 16.9 Å². The Morgan fingerprint density at radius 3 is 2.25 bits per heavy atom. The molecule has 0 unspecified atom stereocenters. The third-order valence-electron chi connectivity index (χ3n) is 0.304. The fourth-order valence-electron chi connectivity index (χ4n) is 0.106. The van der Waals surface area contributed by atoms with Gasteiger partial charge in [0.15, 0.2) is 0 Å². The maximum Gasteiger partial charge on any atom is 0.464 e. The molecule has 0 aromatic heterocycles. The lowest BCUT2D eigenvalue weighted by molar-refractivity contribution is 0.267. The molecule has 0 aliphatic carbocycles. The van der Waals surface area contributed by atoms with Crippen molar-refractivity contribution in [3.8, 4) is 0 Å². The Kier molecular flexibility index (Phi) is 2.46. The first-order valence-corrected chi connectivity index (χ1v) is 2.88. The number of hydrogen-bond acceptors (Lipinski definition) is 5. The van der Waals surface area contributed by atoms with Crippen LogP contribution >= 0.6 is 0 Å². The molecular formula is C2H5NO4S. The number of nitrogens with two attached hydrogens (primary N) is 1. The topological polar surface area (TPSA) is 78.6 Å². The molecule has 0 aliphatic rings. The van der Waals surface area contributed by atoms with E-state index in [4.69, 9.17) is 0 Å². The Bertz CT molecular complexity index is 159. The van der Waals surface area contributed by atoms with Gasteiger partial charge in [0.2, 0.25) is 0 Å². The summed E-state index contributed by atoms with van der Waals surface area (Å²) in [5.74, 6) is 4.23. The van der Waals surface area contributed by atoms with E-state index < -0.39 is 10.4 Å². The van der Waals surface area contributed by atoms with Crippen molar-refractivity contribution in [1.82, 2.24) is 0 Å². The van der Waals surface area contributed by atoms with E-state index in [1.54, 1.807) is 0 Å². The van der Waals surface area contributed by atoms with Crippen molar-refractivity contribution in [2.75, 3.05) is 0 Å². The molecule has 48 valence electrons. The summed E-state index contributed by atoms with van der Waals surface area (Å²) in [6.07, 6.45) is 0.697. The van der Waals surface area contributed by atoms with Crippen molar-refractivity contribution in [3.05, 3.63) is 12.8 Å². The zero-order valence-electron chi connectivity index (χ0n) is 3.90. The first-order chi connectivity index (χ1) is 3.62. The lowest BCUT2D eigenvalue weighted by Gasteiger charge is -1.93. The summed E-state index contributed by atoms with van der Waals surface area (Å²) < 4.78 is 27.0. The van der Waals surface area contributed by atoms with E-state index in [1.165, 1.54) is 0 Å². The Hall–Kier alpha value is -0.590. The second-order valence-corrected chi connectivity index (χ2v) is 1.97. The summed E-state index contributed by atoms with van der Waals surface area (Å²) in [7, 11) is -4.01. The molecule has 0 saturated carbocycles. The highest BCUT2D eigenvalue weighted by Crippen LogP contribution is 1.88. The Morgan fingerprint density at radius 2 is 2.12 bits per heavy atom. The van der Waals surface area contributed by atoms with Crippen molar-refractivity contribution in [2.45, 2.75) is 0 Å². The minimum Gasteiger partial charge on any atom is -0.369 e. The molecule has 0 atom stereocenters. The SMILES string of the molecule is C=COS(=O)(=O)ON. The van der Waals surface area contributed by atoms with E-state index in [-0.39, 0.29) is 0 Å². The zero-order valence-corrected chi connectivity index (χ0v) is 4.72. The smallest absolute Gasteiger partial charge is 0.369 e. The van der Waals surface area contributed by atoms with E-state index in [0.29, 0.717) is 6.26 Å². The molecule has 0 aromatic carbocycles. The van der Waals surface area contributed by atoms with Crippen molar-refractivity contribution >= 4 is 10.4 Å². The minimum absolute atomic E-state index is 0.697. The van der Waals surface area contributed by atoms with Crippen LogP contribution in [0.2, 0.25) is 0 Å². The molecule has 8 heavy (non-hydrogen) atoms. The number of hydrogen-bond donors (Lipinski definition) is 1. The van der Waals surface area contributed by atoms with E-state index in [0.717, 1.165) is 0 Å². The summed E-state index contributed by atoms with van der Waals surface area (Å²) in [4.78, 5) is 0. The fourth-order valence-corrected chi connectivity index (χ4v) is 0.318. The van der Waals surface area contributed by atoms with Gasteiger partial charge in [0.05, 0.1) is 0 Å². The van der Waals surface area contributed by atoms with E-state index >= 15 is 0 Å². The molecule has 0 amide bonds. The van der Waals surface area contributed by atoms with Crippen LogP contribution in [0.25, 0.3) is 0 Å². The second kappa shape index (κ2) is 2.65. The molecule has 0 aliphatic heterocycles. The van der Waals surface area contributed by atoms with Gasteiger partial charge >= 0.3 is 10.4 Å².